The monoisotopic (exact) mass is 555 g/mol. The Labute approximate surface area is 233 Å². The Bertz CT molecular complexity index is 1670. The van der Waals surface area contributed by atoms with Gasteiger partial charge < -0.3 is 23.8 Å². The van der Waals surface area contributed by atoms with Gasteiger partial charge in [-0.05, 0) is 11.6 Å². The van der Waals surface area contributed by atoms with Crippen LogP contribution in [0.25, 0.3) is 16.9 Å². The van der Waals surface area contributed by atoms with Gasteiger partial charge in [0.2, 0.25) is 18.0 Å². The maximum absolute atomic E-state index is 14.0. The third-order valence-electron chi connectivity index (χ3n) is 7.63. The first-order valence-electron chi connectivity index (χ1n) is 13.1. The fourth-order valence-electron chi connectivity index (χ4n) is 5.90. The van der Waals surface area contributed by atoms with Gasteiger partial charge in [-0.1, -0.05) is 42.5 Å². The molecular formula is C29H25N5O7. The van der Waals surface area contributed by atoms with Crippen LogP contribution in [0.3, 0.4) is 0 Å². The van der Waals surface area contributed by atoms with E-state index in [1.54, 1.807) is 22.1 Å². The highest BCUT2D eigenvalue weighted by atomic mass is 16.8. The van der Waals surface area contributed by atoms with Crippen molar-refractivity contribution < 1.29 is 28.5 Å². The zero-order valence-electron chi connectivity index (χ0n) is 22.0. The highest BCUT2D eigenvalue weighted by Gasteiger charge is 2.46. The quantitative estimate of drug-likeness (QED) is 0.277. The van der Waals surface area contributed by atoms with Crippen LogP contribution in [-0.2, 0) is 14.2 Å². The number of amides is 1. The molecule has 3 aliphatic rings. The molecule has 7 rings (SSSR count). The lowest BCUT2D eigenvalue weighted by molar-refractivity contribution is -0.0208. The summed E-state index contributed by atoms with van der Waals surface area (Å²) < 4.78 is 24.6. The molecule has 0 unspecified atom stereocenters. The van der Waals surface area contributed by atoms with Gasteiger partial charge in [0, 0.05) is 29.9 Å². The molecule has 5 heterocycles. The van der Waals surface area contributed by atoms with Crippen LogP contribution in [-0.4, -0.2) is 71.0 Å². The number of nitrogens with zero attached hydrogens (tertiary/aromatic N) is 5. The van der Waals surface area contributed by atoms with E-state index in [9.17, 15) is 14.4 Å². The SMILES string of the molecule is COC(=O)OCOc1c2n(ccc1=O)N([C@H]1c3ccccc3-c3cncn3-c3ccccc31)[C@@H]1COCCN1C2=O. The number of morpholine rings is 1. The number of methoxy groups -OCH3 is 1. The topological polar surface area (TPSA) is 117 Å². The summed E-state index contributed by atoms with van der Waals surface area (Å²) in [6, 6.07) is 17.0. The second kappa shape index (κ2) is 9.82. The van der Waals surface area contributed by atoms with Crippen molar-refractivity contribution in [2.45, 2.75) is 12.2 Å². The minimum absolute atomic E-state index is 0.0320. The molecule has 1 fully saturated rings. The molecule has 0 N–H and O–H groups in total. The first-order valence-corrected chi connectivity index (χ1v) is 13.1. The van der Waals surface area contributed by atoms with E-state index in [0.29, 0.717) is 13.2 Å². The van der Waals surface area contributed by atoms with E-state index in [4.69, 9.17) is 14.2 Å². The summed E-state index contributed by atoms with van der Waals surface area (Å²) in [5.41, 5.74) is 4.32. The van der Waals surface area contributed by atoms with Gasteiger partial charge in [0.05, 0.1) is 44.2 Å². The minimum Gasteiger partial charge on any atom is -0.451 e. The Kier molecular flexibility index (Phi) is 5.97. The standard InChI is InChI=1S/C29H25N5O7/c1-38-29(37)41-17-40-27-23(35)10-11-33-26(27)28(36)31-12-13-39-15-24(31)34(33)25-19-7-3-2-6-18(19)22-14-30-16-32(22)21-9-5-4-8-20(21)25/h2-11,14,16,24-25H,12-13,15,17H2,1H3/t24-,25+/m1/s1. The molecule has 41 heavy (non-hydrogen) atoms. The molecule has 1 saturated heterocycles. The van der Waals surface area contributed by atoms with Crippen LogP contribution in [0.5, 0.6) is 5.75 Å². The zero-order valence-corrected chi connectivity index (χ0v) is 22.0. The number of para-hydroxylation sites is 1. The van der Waals surface area contributed by atoms with Crippen LogP contribution in [0.1, 0.15) is 27.7 Å². The first-order chi connectivity index (χ1) is 20.1. The molecule has 208 valence electrons. The molecule has 1 amide bonds. The van der Waals surface area contributed by atoms with Crippen molar-refractivity contribution in [2.75, 3.05) is 38.7 Å². The molecule has 2 aromatic heterocycles. The number of hydrogen-bond acceptors (Lipinski definition) is 9. The lowest BCUT2D eigenvalue weighted by atomic mass is 9.92. The van der Waals surface area contributed by atoms with Gasteiger partial charge in [-0.2, -0.15) is 0 Å². The van der Waals surface area contributed by atoms with Crippen LogP contribution in [0.2, 0.25) is 0 Å². The van der Waals surface area contributed by atoms with Gasteiger partial charge in [0.15, 0.2) is 5.69 Å². The van der Waals surface area contributed by atoms with Crippen molar-refractivity contribution >= 4 is 12.1 Å². The predicted molar refractivity (Wildman–Crippen MR) is 144 cm³/mol. The highest BCUT2D eigenvalue weighted by molar-refractivity contribution is 5.97. The number of rotatable bonds is 4. The Hall–Kier alpha value is -5.10. The average molecular weight is 556 g/mol. The second-order valence-electron chi connectivity index (χ2n) is 9.69. The van der Waals surface area contributed by atoms with E-state index in [-0.39, 0.29) is 24.0 Å². The van der Waals surface area contributed by atoms with E-state index in [0.717, 1.165) is 35.2 Å². The summed E-state index contributed by atoms with van der Waals surface area (Å²) in [5.74, 6) is -0.604. The number of hydrogen-bond donors (Lipinski definition) is 0. The molecule has 2 atom stereocenters. The van der Waals surface area contributed by atoms with E-state index in [1.165, 1.54) is 6.07 Å². The van der Waals surface area contributed by atoms with Crippen molar-refractivity contribution in [1.29, 1.82) is 0 Å². The van der Waals surface area contributed by atoms with Gasteiger partial charge in [-0.25, -0.2) is 9.78 Å². The van der Waals surface area contributed by atoms with Gasteiger partial charge in [0.1, 0.15) is 12.2 Å². The van der Waals surface area contributed by atoms with Crippen molar-refractivity contribution in [2.24, 2.45) is 0 Å². The second-order valence-corrected chi connectivity index (χ2v) is 9.69. The molecule has 4 aromatic rings. The van der Waals surface area contributed by atoms with E-state index >= 15 is 0 Å². The number of imidazole rings is 1. The van der Waals surface area contributed by atoms with E-state index in [1.807, 2.05) is 36.5 Å². The zero-order chi connectivity index (χ0) is 28.1. The van der Waals surface area contributed by atoms with Crippen LogP contribution in [0.4, 0.5) is 4.79 Å². The number of carbonyl (C=O) groups is 2. The maximum atomic E-state index is 14.0. The Morgan fingerprint density at radius 3 is 2.73 bits per heavy atom. The maximum Gasteiger partial charge on any atom is 0.510 e. The summed E-state index contributed by atoms with van der Waals surface area (Å²) in [7, 11) is 1.16. The lowest BCUT2D eigenvalue weighted by Crippen LogP contribution is -2.66. The van der Waals surface area contributed by atoms with Crippen molar-refractivity contribution in [3.8, 4) is 22.7 Å². The molecule has 0 bridgehead atoms. The molecule has 0 spiro atoms. The van der Waals surface area contributed by atoms with Crippen LogP contribution in [0.15, 0.2) is 78.1 Å². The fraction of sp³-hybridized carbons (Fsp3) is 0.241. The van der Waals surface area contributed by atoms with Crippen molar-refractivity contribution in [3.05, 3.63) is 100 Å². The van der Waals surface area contributed by atoms with Gasteiger partial charge in [0.25, 0.3) is 5.91 Å². The van der Waals surface area contributed by atoms with Crippen LogP contribution in [0, 0.1) is 0 Å². The Balaban J connectivity index is 1.46. The van der Waals surface area contributed by atoms with Crippen molar-refractivity contribution in [1.82, 2.24) is 19.1 Å². The van der Waals surface area contributed by atoms with Gasteiger partial charge in [-0.3, -0.25) is 23.8 Å². The molecule has 0 saturated carbocycles. The smallest absolute Gasteiger partial charge is 0.451 e. The van der Waals surface area contributed by atoms with Gasteiger partial charge in [-0.15, -0.1) is 0 Å². The summed E-state index contributed by atoms with van der Waals surface area (Å²) >= 11 is 0. The summed E-state index contributed by atoms with van der Waals surface area (Å²) in [6.45, 7) is 0.328. The van der Waals surface area contributed by atoms with Crippen molar-refractivity contribution in [3.63, 3.8) is 0 Å². The summed E-state index contributed by atoms with van der Waals surface area (Å²) in [6.07, 6.45) is 3.74. The fourth-order valence-corrected chi connectivity index (χ4v) is 5.90. The summed E-state index contributed by atoms with van der Waals surface area (Å²) in [4.78, 5) is 44.7. The number of ether oxygens (including phenoxy) is 4. The minimum atomic E-state index is -0.971. The van der Waals surface area contributed by atoms with E-state index in [2.05, 4.69) is 37.5 Å². The first kappa shape index (κ1) is 24.9. The highest BCUT2D eigenvalue weighted by Crippen LogP contribution is 2.44. The molecule has 0 radical (unpaired) electrons. The third kappa shape index (κ3) is 3.86. The molecule has 2 aromatic carbocycles. The number of pyridine rings is 1. The molecule has 3 aliphatic heterocycles. The van der Waals surface area contributed by atoms with E-state index < -0.39 is 30.6 Å². The predicted octanol–water partition coefficient (Wildman–Crippen LogP) is 2.67. The summed E-state index contributed by atoms with van der Waals surface area (Å²) in [5, 5.41) is 2.06. The number of carbonyl (C=O) groups excluding carboxylic acids is 2. The number of benzene rings is 2. The molecule has 12 heteroatoms. The van der Waals surface area contributed by atoms with Crippen LogP contribution >= 0.6 is 0 Å². The van der Waals surface area contributed by atoms with Gasteiger partial charge >= 0.3 is 6.16 Å². The van der Waals surface area contributed by atoms with Crippen LogP contribution < -0.4 is 15.2 Å². The number of fused-ring (bicyclic) bond motifs is 7. The average Bonchev–Trinajstić information content (AvgIpc) is 3.46. The molecule has 12 nitrogen and oxygen atoms in total. The Morgan fingerprint density at radius 1 is 1.07 bits per heavy atom. The third-order valence-corrected chi connectivity index (χ3v) is 7.63. The number of aromatic nitrogens is 3. The Morgan fingerprint density at radius 2 is 1.88 bits per heavy atom. The normalized spacial score (nSPS) is 18.7. The lowest BCUT2D eigenvalue weighted by Gasteiger charge is -2.51. The molecule has 0 aliphatic carbocycles. The molecular weight excluding hydrogens is 530 g/mol. The largest absolute Gasteiger partial charge is 0.510 e.